The highest BCUT2D eigenvalue weighted by atomic mass is 28.5. The molecular formula is C14H36O2Si3. The zero-order valence-corrected chi connectivity index (χ0v) is 18.3. The molecular weight excluding hydrogens is 284 g/mol. The van der Waals surface area contributed by atoms with Gasteiger partial charge in [-0.25, -0.2) is 0 Å². The summed E-state index contributed by atoms with van der Waals surface area (Å²) < 4.78 is 13.2. The molecule has 0 aromatic heterocycles. The molecule has 116 valence electrons. The Morgan fingerprint density at radius 1 is 0.526 bits per heavy atom. The molecule has 0 atom stereocenters. The molecule has 5 heteroatoms. The summed E-state index contributed by atoms with van der Waals surface area (Å²) >= 11 is 0. The summed E-state index contributed by atoms with van der Waals surface area (Å²) in [7, 11) is -5.55. The second kappa shape index (κ2) is 5.40. The van der Waals surface area contributed by atoms with E-state index in [4.69, 9.17) is 8.23 Å². The quantitative estimate of drug-likeness (QED) is 0.616. The minimum absolute atomic E-state index is 0.244. The van der Waals surface area contributed by atoms with E-state index in [1.54, 1.807) is 0 Å². The predicted molar refractivity (Wildman–Crippen MR) is 94.0 cm³/mol. The molecule has 2 nitrogen and oxygen atoms in total. The molecule has 0 fully saturated rings. The molecule has 0 saturated carbocycles. The van der Waals surface area contributed by atoms with Gasteiger partial charge in [0.05, 0.1) is 0 Å². The van der Waals surface area contributed by atoms with Gasteiger partial charge in [0.2, 0.25) is 0 Å². The lowest BCUT2D eigenvalue weighted by atomic mass is 10.2. The fraction of sp³-hybridized carbons (Fsp3) is 1.00. The lowest BCUT2D eigenvalue weighted by Gasteiger charge is -2.47. The van der Waals surface area contributed by atoms with Crippen LogP contribution in [0.1, 0.15) is 41.5 Å². The van der Waals surface area contributed by atoms with Gasteiger partial charge in [0.15, 0.2) is 16.6 Å². The van der Waals surface area contributed by atoms with Crippen molar-refractivity contribution in [2.24, 2.45) is 0 Å². The summed E-state index contributed by atoms with van der Waals surface area (Å²) in [5, 5.41) is 0.488. The minimum Gasteiger partial charge on any atom is -0.436 e. The monoisotopic (exact) mass is 320 g/mol. The van der Waals surface area contributed by atoms with Crippen LogP contribution in [-0.2, 0) is 8.23 Å². The summed E-state index contributed by atoms with van der Waals surface area (Å²) in [6, 6.07) is 0. The maximum Gasteiger partial charge on any atom is 0.311 e. The smallest absolute Gasteiger partial charge is 0.311 e. The molecule has 0 saturated heterocycles. The lowest BCUT2D eigenvalue weighted by molar-refractivity contribution is 0.358. The van der Waals surface area contributed by atoms with E-state index >= 15 is 0 Å². The largest absolute Gasteiger partial charge is 0.436 e. The van der Waals surface area contributed by atoms with Crippen molar-refractivity contribution < 1.29 is 8.23 Å². The Labute approximate surface area is 124 Å². The van der Waals surface area contributed by atoms with Crippen LogP contribution in [0.15, 0.2) is 0 Å². The van der Waals surface area contributed by atoms with Crippen molar-refractivity contribution in [3.63, 3.8) is 0 Å². The van der Waals surface area contributed by atoms with E-state index in [2.05, 4.69) is 80.8 Å². The average molecular weight is 321 g/mol. The zero-order chi connectivity index (χ0) is 15.9. The Kier molecular flexibility index (Phi) is 5.57. The Hall–Kier alpha value is 0.571. The Morgan fingerprint density at radius 2 is 0.737 bits per heavy atom. The Balaban J connectivity index is 5.03. The minimum atomic E-state index is -2.07. The molecule has 0 aliphatic carbocycles. The van der Waals surface area contributed by atoms with Crippen LogP contribution >= 0.6 is 0 Å². The molecule has 0 N–H and O–H groups in total. The first-order valence-electron chi connectivity index (χ1n) is 7.32. The lowest BCUT2D eigenvalue weighted by Crippen LogP contribution is -2.57. The van der Waals surface area contributed by atoms with Crippen LogP contribution in [0.3, 0.4) is 0 Å². The molecule has 0 aliphatic rings. The third-order valence-electron chi connectivity index (χ3n) is 4.61. The van der Waals surface area contributed by atoms with Crippen LogP contribution < -0.4 is 0 Å². The van der Waals surface area contributed by atoms with Crippen molar-refractivity contribution in [1.29, 1.82) is 0 Å². The van der Waals surface area contributed by atoms with Gasteiger partial charge in [-0.15, -0.1) is 0 Å². The van der Waals surface area contributed by atoms with E-state index < -0.39 is 25.2 Å². The maximum absolute atomic E-state index is 6.61. The molecule has 0 radical (unpaired) electrons. The number of hydrogen-bond acceptors (Lipinski definition) is 2. The third kappa shape index (κ3) is 5.46. The first kappa shape index (κ1) is 19.6. The van der Waals surface area contributed by atoms with Gasteiger partial charge in [0.25, 0.3) is 0 Å². The summed E-state index contributed by atoms with van der Waals surface area (Å²) in [5.41, 5.74) is 0. The topological polar surface area (TPSA) is 18.5 Å². The van der Waals surface area contributed by atoms with Crippen LogP contribution in [0.5, 0.6) is 0 Å². The molecule has 0 aromatic carbocycles. The van der Waals surface area contributed by atoms with Gasteiger partial charge in [-0.1, -0.05) is 41.5 Å². The SMILES string of the molecule is CC(C)(C)[Si](C)(C)O[Si](C)(C)O[Si](C)(C)C(C)(C)C. The van der Waals surface area contributed by atoms with E-state index in [1.165, 1.54) is 0 Å². The second-order valence-electron chi connectivity index (χ2n) is 9.12. The normalized spacial score (nSPS) is 15.8. The van der Waals surface area contributed by atoms with Crippen molar-refractivity contribution >= 4 is 25.2 Å². The molecule has 0 aliphatic heterocycles. The standard InChI is InChI=1S/C14H36O2Si3/c1-13(2,3)17(7,8)15-19(11,12)16-18(9,10)14(4,5)6/h1-12H3. The number of rotatable bonds is 4. The predicted octanol–water partition coefficient (Wildman–Crippen LogP) is 5.73. The van der Waals surface area contributed by atoms with Gasteiger partial charge >= 0.3 is 8.56 Å². The highest BCUT2D eigenvalue weighted by molar-refractivity contribution is 6.89. The fourth-order valence-electron chi connectivity index (χ4n) is 1.56. The van der Waals surface area contributed by atoms with Crippen LogP contribution in [0.2, 0.25) is 49.4 Å². The highest BCUT2D eigenvalue weighted by Crippen LogP contribution is 2.42. The van der Waals surface area contributed by atoms with Crippen LogP contribution in [0.25, 0.3) is 0 Å². The Morgan fingerprint density at radius 3 is 0.895 bits per heavy atom. The summed E-state index contributed by atoms with van der Waals surface area (Å²) in [6.07, 6.45) is 0. The Bertz CT molecular complexity index is 280. The van der Waals surface area contributed by atoms with Crippen LogP contribution in [-0.4, -0.2) is 25.2 Å². The van der Waals surface area contributed by atoms with Gasteiger partial charge < -0.3 is 8.23 Å². The van der Waals surface area contributed by atoms with Crippen LogP contribution in [0, 0.1) is 0 Å². The van der Waals surface area contributed by atoms with Gasteiger partial charge in [-0.3, -0.25) is 0 Å². The van der Waals surface area contributed by atoms with Gasteiger partial charge in [-0.2, -0.15) is 0 Å². The zero-order valence-electron chi connectivity index (χ0n) is 15.3. The third-order valence-corrected chi connectivity index (χ3v) is 19.9. The molecule has 0 spiro atoms. The average Bonchev–Trinajstić information content (AvgIpc) is 1.93. The van der Waals surface area contributed by atoms with Crippen LogP contribution in [0.4, 0.5) is 0 Å². The molecule has 0 amide bonds. The molecule has 0 rings (SSSR count). The molecule has 0 heterocycles. The summed E-state index contributed by atoms with van der Waals surface area (Å²) in [4.78, 5) is 0. The molecule has 0 bridgehead atoms. The van der Waals surface area contributed by atoms with Crippen molar-refractivity contribution in [3.05, 3.63) is 0 Å². The van der Waals surface area contributed by atoms with E-state index in [0.29, 0.717) is 0 Å². The second-order valence-corrected chi connectivity index (χ2v) is 22.6. The van der Waals surface area contributed by atoms with E-state index in [1.807, 2.05) is 0 Å². The fourth-order valence-corrected chi connectivity index (χ4v) is 14.4. The molecule has 19 heavy (non-hydrogen) atoms. The molecule has 0 unspecified atom stereocenters. The van der Waals surface area contributed by atoms with E-state index in [9.17, 15) is 0 Å². The van der Waals surface area contributed by atoms with E-state index in [-0.39, 0.29) is 10.1 Å². The van der Waals surface area contributed by atoms with Crippen molar-refractivity contribution in [3.8, 4) is 0 Å². The van der Waals surface area contributed by atoms with Gasteiger partial charge in [-0.05, 0) is 49.4 Å². The maximum atomic E-state index is 6.61. The highest BCUT2D eigenvalue weighted by Gasteiger charge is 2.47. The van der Waals surface area contributed by atoms with Crippen molar-refractivity contribution in [2.45, 2.75) is 90.9 Å². The summed E-state index contributed by atoms with van der Waals surface area (Å²) in [6.45, 7) is 27.4. The van der Waals surface area contributed by atoms with Crippen molar-refractivity contribution in [2.75, 3.05) is 0 Å². The van der Waals surface area contributed by atoms with Gasteiger partial charge in [0.1, 0.15) is 0 Å². The number of hydrogen-bond donors (Lipinski definition) is 0. The van der Waals surface area contributed by atoms with Crippen molar-refractivity contribution in [1.82, 2.24) is 0 Å². The molecule has 0 aromatic rings. The first-order chi connectivity index (χ1) is 7.91. The first-order valence-corrected chi connectivity index (χ1v) is 15.9. The van der Waals surface area contributed by atoms with E-state index in [0.717, 1.165) is 0 Å². The summed E-state index contributed by atoms with van der Waals surface area (Å²) in [5.74, 6) is 0. The van der Waals surface area contributed by atoms with Gasteiger partial charge in [0, 0.05) is 0 Å².